The Bertz CT molecular complexity index is 484. The molecule has 0 radical (unpaired) electrons. The van der Waals surface area contributed by atoms with Crippen LogP contribution in [0, 0.1) is 5.41 Å². The fourth-order valence-electron chi connectivity index (χ4n) is 4.76. The van der Waals surface area contributed by atoms with Crippen molar-refractivity contribution in [1.82, 2.24) is 14.8 Å². The van der Waals surface area contributed by atoms with Gasteiger partial charge in [-0.3, -0.25) is 0 Å². The van der Waals surface area contributed by atoms with Gasteiger partial charge in [0, 0.05) is 12.5 Å². The molecule has 3 nitrogen and oxygen atoms in total. The van der Waals surface area contributed by atoms with Crippen LogP contribution < -0.4 is 0 Å². The zero-order chi connectivity index (χ0) is 15.6. The number of aromatic nitrogens is 3. The fraction of sp³-hybridized carbons (Fsp3) is 0.889. The maximum absolute atomic E-state index is 4.62. The van der Waals surface area contributed by atoms with Crippen molar-refractivity contribution in [1.29, 1.82) is 0 Å². The van der Waals surface area contributed by atoms with E-state index in [9.17, 15) is 0 Å². The largest absolute Gasteiger partial charge is 0.309 e. The van der Waals surface area contributed by atoms with Crippen LogP contribution in [0.5, 0.6) is 0 Å². The van der Waals surface area contributed by atoms with Crippen molar-refractivity contribution in [2.24, 2.45) is 12.5 Å². The summed E-state index contributed by atoms with van der Waals surface area (Å²) < 4.78 is 2.28. The van der Waals surface area contributed by atoms with Crippen molar-refractivity contribution < 1.29 is 0 Å². The van der Waals surface area contributed by atoms with Crippen LogP contribution in [-0.2, 0) is 12.5 Å². The highest BCUT2D eigenvalue weighted by atomic mass is 32.2. The molecule has 22 heavy (non-hydrogen) atoms. The number of thioether (sulfide) groups is 1. The predicted molar refractivity (Wildman–Crippen MR) is 93.4 cm³/mol. The minimum absolute atomic E-state index is 0.334. The molecule has 2 bridgehead atoms. The second kappa shape index (κ2) is 6.54. The van der Waals surface area contributed by atoms with Gasteiger partial charge in [-0.2, -0.15) is 0 Å². The van der Waals surface area contributed by atoms with E-state index in [0.29, 0.717) is 10.8 Å². The van der Waals surface area contributed by atoms with Crippen LogP contribution in [0.2, 0.25) is 0 Å². The SMILES string of the molecule is CCCCCC12CCC(c3nnc(SCC)n3C)(CC1)CC2. The number of rotatable bonds is 7. The van der Waals surface area contributed by atoms with E-state index < -0.39 is 0 Å². The summed E-state index contributed by atoms with van der Waals surface area (Å²) >= 11 is 1.81. The Hall–Kier alpha value is -0.510. The van der Waals surface area contributed by atoms with Gasteiger partial charge in [0.15, 0.2) is 5.16 Å². The van der Waals surface area contributed by atoms with Crippen molar-refractivity contribution in [3.63, 3.8) is 0 Å². The zero-order valence-electron chi connectivity index (χ0n) is 14.5. The smallest absolute Gasteiger partial charge is 0.190 e. The van der Waals surface area contributed by atoms with Crippen LogP contribution in [0.4, 0.5) is 0 Å². The lowest BCUT2D eigenvalue weighted by Crippen LogP contribution is -2.45. The molecule has 3 aliphatic carbocycles. The summed E-state index contributed by atoms with van der Waals surface area (Å²) in [6.07, 6.45) is 13.9. The van der Waals surface area contributed by atoms with Gasteiger partial charge in [-0.1, -0.05) is 44.9 Å². The maximum Gasteiger partial charge on any atom is 0.190 e. The van der Waals surface area contributed by atoms with Crippen molar-refractivity contribution in [3.05, 3.63) is 5.82 Å². The molecule has 0 saturated heterocycles. The van der Waals surface area contributed by atoms with Crippen LogP contribution in [0.3, 0.4) is 0 Å². The highest BCUT2D eigenvalue weighted by Crippen LogP contribution is 2.59. The average Bonchev–Trinajstić information content (AvgIpc) is 2.92. The van der Waals surface area contributed by atoms with E-state index in [0.717, 1.165) is 10.9 Å². The normalized spacial score (nSPS) is 30.9. The minimum Gasteiger partial charge on any atom is -0.309 e. The van der Waals surface area contributed by atoms with Gasteiger partial charge in [0.1, 0.15) is 5.82 Å². The Balaban J connectivity index is 1.71. The van der Waals surface area contributed by atoms with Crippen LogP contribution >= 0.6 is 11.8 Å². The summed E-state index contributed by atoms with van der Waals surface area (Å²) in [5.41, 5.74) is 1.01. The summed E-state index contributed by atoms with van der Waals surface area (Å²) in [5, 5.41) is 10.2. The second-order valence-corrected chi connectivity index (χ2v) is 8.77. The topological polar surface area (TPSA) is 30.7 Å². The number of fused-ring (bicyclic) bond motifs is 3. The summed E-state index contributed by atoms with van der Waals surface area (Å²) in [6.45, 7) is 4.49. The third kappa shape index (κ3) is 2.83. The van der Waals surface area contributed by atoms with E-state index in [2.05, 4.69) is 35.7 Å². The van der Waals surface area contributed by atoms with Crippen molar-refractivity contribution in [3.8, 4) is 0 Å². The molecule has 0 spiro atoms. The first-order chi connectivity index (χ1) is 10.6. The molecule has 3 saturated carbocycles. The van der Waals surface area contributed by atoms with E-state index in [4.69, 9.17) is 0 Å². The molecule has 0 amide bonds. The molecule has 1 aromatic heterocycles. The monoisotopic (exact) mass is 321 g/mol. The lowest BCUT2D eigenvalue weighted by atomic mass is 9.52. The lowest BCUT2D eigenvalue weighted by Gasteiger charge is -2.53. The van der Waals surface area contributed by atoms with Crippen LogP contribution in [0.25, 0.3) is 0 Å². The Morgan fingerprint density at radius 1 is 1.00 bits per heavy atom. The van der Waals surface area contributed by atoms with Crippen LogP contribution in [-0.4, -0.2) is 20.5 Å². The molecule has 4 heteroatoms. The molecular formula is C18H31N3S. The molecule has 0 atom stereocenters. The van der Waals surface area contributed by atoms with Gasteiger partial charge in [-0.25, -0.2) is 0 Å². The summed E-state index contributed by atoms with van der Waals surface area (Å²) in [7, 11) is 2.17. The van der Waals surface area contributed by atoms with Gasteiger partial charge in [0.25, 0.3) is 0 Å². The Morgan fingerprint density at radius 2 is 1.68 bits per heavy atom. The fourth-order valence-corrected chi connectivity index (χ4v) is 5.39. The van der Waals surface area contributed by atoms with Crippen molar-refractivity contribution in [2.45, 2.75) is 88.6 Å². The first kappa shape index (κ1) is 16.4. The third-order valence-electron chi connectivity index (χ3n) is 6.29. The van der Waals surface area contributed by atoms with Gasteiger partial charge in [0.05, 0.1) is 0 Å². The van der Waals surface area contributed by atoms with E-state index >= 15 is 0 Å². The maximum atomic E-state index is 4.62. The van der Waals surface area contributed by atoms with E-state index in [-0.39, 0.29) is 0 Å². The molecule has 1 aromatic rings. The lowest BCUT2D eigenvalue weighted by molar-refractivity contribution is 0.0247. The Morgan fingerprint density at radius 3 is 2.27 bits per heavy atom. The molecule has 3 fully saturated rings. The van der Waals surface area contributed by atoms with Gasteiger partial charge >= 0.3 is 0 Å². The second-order valence-electron chi connectivity index (χ2n) is 7.54. The van der Waals surface area contributed by atoms with Crippen LogP contribution in [0.15, 0.2) is 5.16 Å². The Labute approximate surface area is 139 Å². The van der Waals surface area contributed by atoms with Gasteiger partial charge in [0.2, 0.25) is 0 Å². The standard InChI is InChI=1S/C18H31N3S/c1-4-6-7-8-17-9-12-18(13-10-17,14-11-17)15-19-20-16(21(15)3)22-5-2/h4-14H2,1-3H3. The first-order valence-electron chi connectivity index (χ1n) is 9.17. The summed E-state index contributed by atoms with van der Waals surface area (Å²) in [6, 6.07) is 0. The highest BCUT2D eigenvalue weighted by Gasteiger charge is 2.50. The molecule has 124 valence electrons. The number of nitrogens with zero attached hydrogens (tertiary/aromatic N) is 3. The zero-order valence-corrected chi connectivity index (χ0v) is 15.3. The van der Waals surface area contributed by atoms with Crippen molar-refractivity contribution >= 4 is 11.8 Å². The molecule has 0 aromatic carbocycles. The van der Waals surface area contributed by atoms with E-state index in [1.165, 1.54) is 70.0 Å². The molecule has 0 aliphatic heterocycles. The minimum atomic E-state index is 0.334. The molecule has 3 aliphatic rings. The van der Waals surface area contributed by atoms with Gasteiger partial charge in [-0.05, 0) is 56.1 Å². The predicted octanol–water partition coefficient (Wildman–Crippen LogP) is 5.10. The quantitative estimate of drug-likeness (QED) is 0.517. The summed E-state index contributed by atoms with van der Waals surface area (Å²) in [5.74, 6) is 2.34. The molecule has 1 heterocycles. The molecule has 4 rings (SSSR count). The molecular weight excluding hydrogens is 290 g/mol. The third-order valence-corrected chi connectivity index (χ3v) is 7.20. The summed E-state index contributed by atoms with van der Waals surface area (Å²) in [4.78, 5) is 0. The van der Waals surface area contributed by atoms with Gasteiger partial charge < -0.3 is 4.57 Å². The van der Waals surface area contributed by atoms with Crippen LogP contribution in [0.1, 0.15) is 83.9 Å². The van der Waals surface area contributed by atoms with E-state index in [1.54, 1.807) is 0 Å². The highest BCUT2D eigenvalue weighted by molar-refractivity contribution is 7.99. The Kier molecular flexibility index (Phi) is 4.86. The number of hydrogen-bond donors (Lipinski definition) is 0. The molecule has 0 unspecified atom stereocenters. The number of unbranched alkanes of at least 4 members (excludes halogenated alkanes) is 2. The number of hydrogen-bond acceptors (Lipinski definition) is 3. The molecule has 0 N–H and O–H groups in total. The van der Waals surface area contributed by atoms with E-state index in [1.807, 2.05) is 11.8 Å². The van der Waals surface area contributed by atoms with Gasteiger partial charge in [-0.15, -0.1) is 10.2 Å². The first-order valence-corrected chi connectivity index (χ1v) is 10.2. The average molecular weight is 322 g/mol. The van der Waals surface area contributed by atoms with Crippen molar-refractivity contribution in [2.75, 3.05) is 5.75 Å².